The molecular formula is C11H18IN3S. The lowest BCUT2D eigenvalue weighted by molar-refractivity contribution is 0.749. The Bertz CT molecular complexity index is 355. The maximum atomic E-state index is 5.86. The van der Waals surface area contributed by atoms with Gasteiger partial charge in [-0.2, -0.15) is 11.8 Å². The Morgan fingerprint density at radius 1 is 1.38 bits per heavy atom. The van der Waals surface area contributed by atoms with E-state index in [9.17, 15) is 0 Å². The van der Waals surface area contributed by atoms with Gasteiger partial charge in [-0.1, -0.05) is 20.8 Å². The molecule has 0 radical (unpaired) electrons. The highest BCUT2D eigenvalue weighted by Crippen LogP contribution is 2.19. The summed E-state index contributed by atoms with van der Waals surface area (Å²) < 4.78 is 0.998. The zero-order valence-electron chi connectivity index (χ0n) is 9.96. The zero-order valence-corrected chi connectivity index (χ0v) is 12.9. The molecular weight excluding hydrogens is 333 g/mol. The molecule has 3 nitrogen and oxygen atoms in total. The fourth-order valence-electron chi connectivity index (χ4n) is 1.25. The molecule has 1 aromatic rings. The Labute approximate surface area is 115 Å². The number of nitrogens with two attached hydrogens (primary N) is 1. The summed E-state index contributed by atoms with van der Waals surface area (Å²) in [6.45, 7) is 6.52. The molecule has 0 bridgehead atoms. The van der Waals surface area contributed by atoms with E-state index in [1.807, 2.05) is 11.8 Å². The van der Waals surface area contributed by atoms with Crippen LogP contribution in [0.2, 0.25) is 0 Å². The van der Waals surface area contributed by atoms with E-state index in [1.165, 1.54) is 0 Å². The number of halogens is 1. The van der Waals surface area contributed by atoms with Crippen LogP contribution in [0.25, 0.3) is 0 Å². The minimum absolute atomic E-state index is 0.618. The van der Waals surface area contributed by atoms with Crippen molar-refractivity contribution in [1.82, 2.24) is 9.97 Å². The SMILES string of the molecule is CCc1nc(CSCC(C)C)nc(N)c1I. The number of anilines is 1. The average Bonchev–Trinajstić information content (AvgIpc) is 2.22. The van der Waals surface area contributed by atoms with Gasteiger partial charge in [-0.15, -0.1) is 0 Å². The Morgan fingerprint density at radius 2 is 2.06 bits per heavy atom. The maximum Gasteiger partial charge on any atom is 0.140 e. The third-order valence-corrected chi connectivity index (χ3v) is 4.55. The highest BCUT2D eigenvalue weighted by molar-refractivity contribution is 14.1. The number of hydrogen-bond acceptors (Lipinski definition) is 4. The number of aromatic nitrogens is 2. The molecule has 0 aliphatic carbocycles. The zero-order chi connectivity index (χ0) is 12.1. The lowest BCUT2D eigenvalue weighted by Crippen LogP contribution is -2.06. The van der Waals surface area contributed by atoms with E-state index in [4.69, 9.17) is 5.73 Å². The van der Waals surface area contributed by atoms with Gasteiger partial charge in [0, 0.05) is 0 Å². The van der Waals surface area contributed by atoms with Gasteiger partial charge in [0.15, 0.2) is 0 Å². The molecule has 16 heavy (non-hydrogen) atoms. The summed E-state index contributed by atoms with van der Waals surface area (Å²) >= 11 is 4.08. The minimum Gasteiger partial charge on any atom is -0.383 e. The maximum absolute atomic E-state index is 5.86. The molecule has 0 aliphatic heterocycles. The second-order valence-corrected chi connectivity index (χ2v) is 6.16. The summed E-state index contributed by atoms with van der Waals surface area (Å²) in [6, 6.07) is 0. The van der Waals surface area contributed by atoms with Crippen molar-refractivity contribution in [3.8, 4) is 0 Å². The van der Waals surface area contributed by atoms with E-state index >= 15 is 0 Å². The van der Waals surface area contributed by atoms with Crippen LogP contribution in [0.1, 0.15) is 32.3 Å². The number of thioether (sulfide) groups is 1. The van der Waals surface area contributed by atoms with Gasteiger partial charge in [-0.25, -0.2) is 9.97 Å². The summed E-state index contributed by atoms with van der Waals surface area (Å²) in [4.78, 5) is 8.85. The van der Waals surface area contributed by atoms with Gasteiger partial charge < -0.3 is 5.73 Å². The second-order valence-electron chi connectivity index (χ2n) is 4.05. The monoisotopic (exact) mass is 351 g/mol. The Hall–Kier alpha value is -0.0400. The standard InChI is InChI=1S/C11H18IN3S/c1-4-8-10(12)11(13)15-9(14-8)6-16-5-7(2)3/h7H,4-6H2,1-3H3,(H2,13,14,15). The van der Waals surface area contributed by atoms with Gasteiger partial charge in [-0.05, 0) is 40.7 Å². The molecule has 0 aromatic carbocycles. The van der Waals surface area contributed by atoms with Gasteiger partial charge in [-0.3, -0.25) is 0 Å². The lowest BCUT2D eigenvalue weighted by atomic mass is 10.3. The summed E-state index contributed by atoms with van der Waals surface area (Å²) in [7, 11) is 0. The van der Waals surface area contributed by atoms with E-state index in [0.717, 1.165) is 33.0 Å². The molecule has 90 valence electrons. The van der Waals surface area contributed by atoms with Gasteiger partial charge >= 0.3 is 0 Å². The van der Waals surface area contributed by atoms with E-state index in [1.54, 1.807) is 0 Å². The summed E-state index contributed by atoms with van der Waals surface area (Å²) in [5.74, 6) is 4.17. The van der Waals surface area contributed by atoms with Crippen molar-refractivity contribution in [2.45, 2.75) is 32.9 Å². The predicted molar refractivity (Wildman–Crippen MR) is 79.5 cm³/mol. The second kappa shape index (κ2) is 6.64. The summed E-state index contributed by atoms with van der Waals surface area (Å²) in [5, 5.41) is 0. The third-order valence-electron chi connectivity index (χ3n) is 2.01. The summed E-state index contributed by atoms with van der Waals surface area (Å²) in [5.41, 5.74) is 6.92. The van der Waals surface area contributed by atoms with Crippen molar-refractivity contribution < 1.29 is 0 Å². The van der Waals surface area contributed by atoms with Gasteiger partial charge in [0.25, 0.3) is 0 Å². The molecule has 1 rings (SSSR count). The molecule has 0 unspecified atom stereocenters. The quantitative estimate of drug-likeness (QED) is 0.829. The largest absolute Gasteiger partial charge is 0.383 e. The Balaban J connectivity index is 2.70. The van der Waals surface area contributed by atoms with Crippen molar-refractivity contribution in [3.63, 3.8) is 0 Å². The molecule has 2 N–H and O–H groups in total. The van der Waals surface area contributed by atoms with Crippen LogP contribution in [-0.2, 0) is 12.2 Å². The van der Waals surface area contributed by atoms with Crippen molar-refractivity contribution in [2.24, 2.45) is 5.92 Å². The number of hydrogen-bond donors (Lipinski definition) is 1. The smallest absolute Gasteiger partial charge is 0.140 e. The van der Waals surface area contributed by atoms with Crippen LogP contribution in [0.4, 0.5) is 5.82 Å². The van der Waals surface area contributed by atoms with Gasteiger partial charge in [0.1, 0.15) is 11.6 Å². The highest BCUT2D eigenvalue weighted by Gasteiger charge is 2.08. The first-order valence-corrected chi connectivity index (χ1v) is 7.66. The lowest BCUT2D eigenvalue weighted by Gasteiger charge is -2.08. The van der Waals surface area contributed by atoms with Crippen LogP contribution >= 0.6 is 34.4 Å². The molecule has 0 amide bonds. The van der Waals surface area contributed by atoms with E-state index in [0.29, 0.717) is 11.7 Å². The van der Waals surface area contributed by atoms with Crippen LogP contribution < -0.4 is 5.73 Å². The first kappa shape index (κ1) is 14.0. The topological polar surface area (TPSA) is 51.8 Å². The van der Waals surface area contributed by atoms with Crippen LogP contribution in [-0.4, -0.2) is 15.7 Å². The number of nitrogens with zero attached hydrogens (tertiary/aromatic N) is 2. The van der Waals surface area contributed by atoms with E-state index in [-0.39, 0.29) is 0 Å². The van der Waals surface area contributed by atoms with Crippen LogP contribution in [0.5, 0.6) is 0 Å². The number of rotatable bonds is 5. The van der Waals surface area contributed by atoms with Crippen molar-refractivity contribution >= 4 is 40.2 Å². The normalized spacial score (nSPS) is 11.1. The van der Waals surface area contributed by atoms with Gasteiger partial charge in [0.05, 0.1) is 15.0 Å². The average molecular weight is 351 g/mol. The molecule has 1 heterocycles. The molecule has 0 fully saturated rings. The first-order valence-electron chi connectivity index (χ1n) is 5.43. The van der Waals surface area contributed by atoms with E-state index in [2.05, 4.69) is 53.3 Å². The fraction of sp³-hybridized carbons (Fsp3) is 0.636. The van der Waals surface area contributed by atoms with Crippen molar-refractivity contribution in [1.29, 1.82) is 0 Å². The number of aryl methyl sites for hydroxylation is 1. The molecule has 0 atom stereocenters. The molecule has 0 saturated carbocycles. The van der Waals surface area contributed by atoms with Crippen LogP contribution in [0.15, 0.2) is 0 Å². The van der Waals surface area contributed by atoms with Crippen molar-refractivity contribution in [3.05, 3.63) is 15.1 Å². The van der Waals surface area contributed by atoms with Crippen LogP contribution in [0, 0.1) is 9.49 Å². The van der Waals surface area contributed by atoms with E-state index < -0.39 is 0 Å². The molecule has 1 aromatic heterocycles. The molecule has 0 aliphatic rings. The Kier molecular flexibility index (Phi) is 5.82. The highest BCUT2D eigenvalue weighted by atomic mass is 127. The fourth-order valence-corrected chi connectivity index (χ4v) is 2.77. The Morgan fingerprint density at radius 3 is 2.62 bits per heavy atom. The summed E-state index contributed by atoms with van der Waals surface area (Å²) in [6.07, 6.45) is 0.910. The van der Waals surface area contributed by atoms with Gasteiger partial charge in [0.2, 0.25) is 0 Å². The predicted octanol–water partition coefficient (Wildman–Crippen LogP) is 3.12. The molecule has 0 spiro atoms. The van der Waals surface area contributed by atoms with Crippen LogP contribution in [0.3, 0.4) is 0 Å². The minimum atomic E-state index is 0.618. The molecule has 0 saturated heterocycles. The van der Waals surface area contributed by atoms with Crippen molar-refractivity contribution in [2.75, 3.05) is 11.5 Å². The molecule has 5 heteroatoms. The first-order chi connectivity index (χ1) is 7.54. The number of nitrogen functional groups attached to an aromatic ring is 1. The third kappa shape index (κ3) is 4.08.